The Morgan fingerprint density at radius 2 is 1.95 bits per heavy atom. The smallest absolute Gasteiger partial charge is 0.0424 e. The van der Waals surface area contributed by atoms with Gasteiger partial charge in [0.1, 0.15) is 0 Å². The summed E-state index contributed by atoms with van der Waals surface area (Å²) in [6.07, 6.45) is 2.91. The van der Waals surface area contributed by atoms with Gasteiger partial charge in [0.05, 0.1) is 0 Å². The number of benzene rings is 1. The lowest BCUT2D eigenvalue weighted by molar-refractivity contribution is 0.248. The van der Waals surface area contributed by atoms with Crippen molar-refractivity contribution in [3.05, 3.63) is 28.2 Å². The third-order valence-corrected chi connectivity index (χ3v) is 5.03. The molecule has 0 bridgehead atoms. The van der Waals surface area contributed by atoms with Crippen molar-refractivity contribution >= 4 is 21.6 Å². The Morgan fingerprint density at radius 3 is 2.62 bits per heavy atom. The van der Waals surface area contributed by atoms with Gasteiger partial charge < -0.3 is 10.2 Å². The highest BCUT2D eigenvalue weighted by atomic mass is 79.9. The van der Waals surface area contributed by atoms with Gasteiger partial charge in [-0.15, -0.1) is 0 Å². The molecule has 2 fully saturated rings. The molecular formula is C17H26BrN3. The minimum absolute atomic E-state index is 0.960. The maximum absolute atomic E-state index is 3.63. The van der Waals surface area contributed by atoms with Crippen molar-refractivity contribution < 1.29 is 0 Å². The van der Waals surface area contributed by atoms with E-state index < -0.39 is 0 Å². The van der Waals surface area contributed by atoms with Crippen LogP contribution in [0.5, 0.6) is 0 Å². The van der Waals surface area contributed by atoms with Crippen molar-refractivity contribution in [3.8, 4) is 0 Å². The summed E-state index contributed by atoms with van der Waals surface area (Å²) < 4.78 is 1.18. The van der Waals surface area contributed by atoms with Gasteiger partial charge in [-0.3, -0.25) is 4.90 Å². The summed E-state index contributed by atoms with van der Waals surface area (Å²) in [6.45, 7) is 10.2. The fraction of sp³-hybridized carbons (Fsp3) is 0.647. The molecule has 2 aliphatic rings. The van der Waals surface area contributed by atoms with Crippen LogP contribution in [0.3, 0.4) is 0 Å². The van der Waals surface area contributed by atoms with Crippen molar-refractivity contribution in [2.24, 2.45) is 5.92 Å². The maximum Gasteiger partial charge on any atom is 0.0424 e. The molecule has 0 amide bonds. The van der Waals surface area contributed by atoms with Gasteiger partial charge >= 0.3 is 0 Å². The van der Waals surface area contributed by atoms with E-state index in [0.717, 1.165) is 32.1 Å². The van der Waals surface area contributed by atoms with E-state index in [1.54, 1.807) is 0 Å². The van der Waals surface area contributed by atoms with Gasteiger partial charge in [0.25, 0.3) is 0 Å². The topological polar surface area (TPSA) is 18.5 Å². The van der Waals surface area contributed by atoms with Gasteiger partial charge in [-0.1, -0.05) is 28.9 Å². The number of nitrogens with one attached hydrogen (secondary N) is 1. The molecule has 1 aliphatic heterocycles. The van der Waals surface area contributed by atoms with Crippen LogP contribution in [0, 0.1) is 5.92 Å². The van der Waals surface area contributed by atoms with Crippen LogP contribution < -0.4 is 10.2 Å². The Bertz CT molecular complexity index is 465. The average Bonchev–Trinajstić information content (AvgIpc) is 3.31. The number of piperazine rings is 1. The molecule has 0 unspecified atom stereocenters. The van der Waals surface area contributed by atoms with E-state index in [1.807, 2.05) is 0 Å². The summed E-state index contributed by atoms with van der Waals surface area (Å²) in [4.78, 5) is 5.21. The molecule has 1 aromatic rings. The van der Waals surface area contributed by atoms with Crippen LogP contribution in [0.4, 0.5) is 5.69 Å². The Labute approximate surface area is 136 Å². The van der Waals surface area contributed by atoms with E-state index in [2.05, 4.69) is 56.2 Å². The standard InChI is InChI=1S/C17H26BrN3/c1-2-19-12-15-5-6-16(18)11-17(15)21-9-7-20(8-10-21)13-14-3-4-14/h5-6,11,14,19H,2-4,7-10,12-13H2,1H3. The summed E-state index contributed by atoms with van der Waals surface area (Å²) in [6, 6.07) is 6.68. The quantitative estimate of drug-likeness (QED) is 0.849. The number of rotatable bonds is 6. The fourth-order valence-corrected chi connectivity index (χ4v) is 3.43. The third-order valence-electron chi connectivity index (χ3n) is 4.54. The number of anilines is 1. The van der Waals surface area contributed by atoms with E-state index >= 15 is 0 Å². The van der Waals surface area contributed by atoms with Crippen LogP contribution in [0.15, 0.2) is 22.7 Å². The first-order chi connectivity index (χ1) is 10.3. The summed E-state index contributed by atoms with van der Waals surface area (Å²) >= 11 is 3.63. The predicted molar refractivity (Wildman–Crippen MR) is 92.9 cm³/mol. The summed E-state index contributed by atoms with van der Waals surface area (Å²) in [5.41, 5.74) is 2.81. The highest BCUT2D eigenvalue weighted by molar-refractivity contribution is 9.10. The Hall–Kier alpha value is -0.580. The van der Waals surface area contributed by atoms with Gasteiger partial charge in [-0.05, 0) is 43.0 Å². The average molecular weight is 352 g/mol. The van der Waals surface area contributed by atoms with Crippen LogP contribution in [0.25, 0.3) is 0 Å². The molecule has 1 aromatic carbocycles. The third kappa shape index (κ3) is 4.21. The SMILES string of the molecule is CCNCc1ccc(Br)cc1N1CCN(CC2CC2)CC1. The van der Waals surface area contributed by atoms with Crippen molar-refractivity contribution in [1.29, 1.82) is 0 Å². The minimum atomic E-state index is 0.960. The second-order valence-electron chi connectivity index (χ2n) is 6.28. The summed E-state index contributed by atoms with van der Waals surface area (Å²) in [5, 5.41) is 3.45. The normalized spacial score (nSPS) is 20.0. The van der Waals surface area contributed by atoms with Crippen molar-refractivity contribution in [2.45, 2.75) is 26.3 Å². The number of hydrogen-bond acceptors (Lipinski definition) is 3. The van der Waals surface area contributed by atoms with Crippen molar-refractivity contribution in [1.82, 2.24) is 10.2 Å². The lowest BCUT2D eigenvalue weighted by Crippen LogP contribution is -2.47. The molecule has 0 radical (unpaired) electrons. The zero-order valence-corrected chi connectivity index (χ0v) is 14.5. The minimum Gasteiger partial charge on any atom is -0.369 e. The predicted octanol–water partition coefficient (Wildman–Crippen LogP) is 3.09. The summed E-state index contributed by atoms with van der Waals surface area (Å²) in [7, 11) is 0. The zero-order valence-electron chi connectivity index (χ0n) is 12.9. The molecule has 0 aromatic heterocycles. The highest BCUT2D eigenvalue weighted by Crippen LogP contribution is 2.31. The van der Waals surface area contributed by atoms with E-state index in [4.69, 9.17) is 0 Å². The molecule has 1 aliphatic carbocycles. The number of halogens is 1. The summed E-state index contributed by atoms with van der Waals surface area (Å²) in [5.74, 6) is 1.01. The van der Waals surface area contributed by atoms with Gasteiger partial charge in [0.15, 0.2) is 0 Å². The van der Waals surface area contributed by atoms with E-state index in [1.165, 1.54) is 48.2 Å². The Balaban J connectivity index is 1.63. The molecule has 0 spiro atoms. The van der Waals surface area contributed by atoms with E-state index in [9.17, 15) is 0 Å². The van der Waals surface area contributed by atoms with Gasteiger partial charge in [-0.2, -0.15) is 0 Å². The molecule has 3 nitrogen and oxygen atoms in total. The maximum atomic E-state index is 3.63. The molecule has 0 atom stereocenters. The van der Waals surface area contributed by atoms with Gasteiger partial charge in [0.2, 0.25) is 0 Å². The van der Waals surface area contributed by atoms with Crippen molar-refractivity contribution in [3.63, 3.8) is 0 Å². The monoisotopic (exact) mass is 351 g/mol. The Morgan fingerprint density at radius 1 is 1.19 bits per heavy atom. The fourth-order valence-electron chi connectivity index (χ4n) is 3.08. The van der Waals surface area contributed by atoms with Gasteiger partial charge in [0, 0.05) is 49.4 Å². The lowest BCUT2D eigenvalue weighted by Gasteiger charge is -2.37. The number of nitrogens with zero attached hydrogens (tertiary/aromatic N) is 2. The molecule has 1 saturated heterocycles. The van der Waals surface area contributed by atoms with Crippen LogP contribution in [-0.4, -0.2) is 44.2 Å². The molecule has 116 valence electrons. The van der Waals surface area contributed by atoms with Gasteiger partial charge in [-0.25, -0.2) is 0 Å². The number of hydrogen-bond donors (Lipinski definition) is 1. The van der Waals surface area contributed by atoms with E-state index in [0.29, 0.717) is 0 Å². The van der Waals surface area contributed by atoms with Crippen LogP contribution in [0.2, 0.25) is 0 Å². The largest absolute Gasteiger partial charge is 0.369 e. The molecule has 1 N–H and O–H groups in total. The lowest BCUT2D eigenvalue weighted by atomic mass is 10.1. The molecular weight excluding hydrogens is 326 g/mol. The molecule has 3 rings (SSSR count). The zero-order chi connectivity index (χ0) is 14.7. The molecule has 1 saturated carbocycles. The van der Waals surface area contributed by atoms with Crippen LogP contribution in [0.1, 0.15) is 25.3 Å². The highest BCUT2D eigenvalue weighted by Gasteiger charge is 2.26. The second kappa shape index (κ2) is 7.12. The van der Waals surface area contributed by atoms with E-state index in [-0.39, 0.29) is 0 Å². The first-order valence-corrected chi connectivity index (χ1v) is 9.02. The molecule has 1 heterocycles. The van der Waals surface area contributed by atoms with Crippen molar-refractivity contribution in [2.75, 3.05) is 44.2 Å². The second-order valence-corrected chi connectivity index (χ2v) is 7.20. The Kier molecular flexibility index (Phi) is 5.19. The van der Waals surface area contributed by atoms with Crippen LogP contribution >= 0.6 is 15.9 Å². The first kappa shape index (κ1) is 15.3. The molecule has 4 heteroatoms. The van der Waals surface area contributed by atoms with Crippen LogP contribution in [-0.2, 0) is 6.54 Å². The first-order valence-electron chi connectivity index (χ1n) is 8.22. The molecule has 21 heavy (non-hydrogen) atoms.